The van der Waals surface area contributed by atoms with Crippen LogP contribution in [0.5, 0.6) is 5.75 Å². The molecule has 7 nitrogen and oxygen atoms in total. The minimum atomic E-state index is -0.474. The SMILES string of the molecule is COc1cccc(C(=O)NCCN2CCN(C(=O)OC(C)(C)C)CC2)c1. The molecule has 144 valence electrons. The summed E-state index contributed by atoms with van der Waals surface area (Å²) in [5.41, 5.74) is 0.109. The maximum atomic E-state index is 12.2. The van der Waals surface area contributed by atoms with Crippen molar-refractivity contribution in [3.05, 3.63) is 29.8 Å². The van der Waals surface area contributed by atoms with Crippen LogP contribution in [-0.2, 0) is 4.74 Å². The van der Waals surface area contributed by atoms with Crippen LogP contribution < -0.4 is 10.1 Å². The van der Waals surface area contributed by atoms with Gasteiger partial charge in [0.05, 0.1) is 7.11 Å². The largest absolute Gasteiger partial charge is 0.497 e. The van der Waals surface area contributed by atoms with Gasteiger partial charge in [-0.05, 0) is 39.0 Å². The topological polar surface area (TPSA) is 71.1 Å². The minimum absolute atomic E-state index is 0.115. The van der Waals surface area contributed by atoms with Crippen LogP contribution in [0.1, 0.15) is 31.1 Å². The molecule has 1 fully saturated rings. The number of hydrogen-bond donors (Lipinski definition) is 1. The van der Waals surface area contributed by atoms with Gasteiger partial charge < -0.3 is 19.7 Å². The van der Waals surface area contributed by atoms with E-state index in [4.69, 9.17) is 9.47 Å². The molecule has 2 amide bonds. The van der Waals surface area contributed by atoms with Crippen LogP contribution in [0, 0.1) is 0 Å². The molecule has 7 heteroatoms. The normalized spacial score (nSPS) is 15.5. The Morgan fingerprint density at radius 3 is 2.46 bits per heavy atom. The van der Waals surface area contributed by atoms with E-state index in [0.29, 0.717) is 30.9 Å². The highest BCUT2D eigenvalue weighted by Gasteiger charge is 2.25. The Hall–Kier alpha value is -2.28. The molecule has 2 rings (SSSR count). The molecule has 0 spiro atoms. The van der Waals surface area contributed by atoms with E-state index in [1.807, 2.05) is 20.8 Å². The van der Waals surface area contributed by atoms with E-state index in [1.165, 1.54) is 0 Å². The number of methoxy groups -OCH3 is 1. The molecule has 0 bridgehead atoms. The number of ether oxygens (including phenoxy) is 2. The van der Waals surface area contributed by atoms with Gasteiger partial charge in [0.15, 0.2) is 0 Å². The van der Waals surface area contributed by atoms with Crippen molar-refractivity contribution in [3.8, 4) is 5.75 Å². The lowest BCUT2D eigenvalue weighted by atomic mass is 10.2. The first kappa shape index (κ1) is 20.0. The van der Waals surface area contributed by atoms with Crippen LogP contribution in [0.2, 0.25) is 0 Å². The van der Waals surface area contributed by atoms with Gasteiger partial charge in [0.2, 0.25) is 0 Å². The van der Waals surface area contributed by atoms with E-state index < -0.39 is 5.60 Å². The lowest BCUT2D eigenvalue weighted by molar-refractivity contribution is 0.0147. The van der Waals surface area contributed by atoms with Crippen LogP contribution in [0.15, 0.2) is 24.3 Å². The Morgan fingerprint density at radius 2 is 1.85 bits per heavy atom. The number of amides is 2. The molecule has 1 saturated heterocycles. The lowest BCUT2D eigenvalue weighted by Crippen LogP contribution is -2.51. The summed E-state index contributed by atoms with van der Waals surface area (Å²) in [5, 5.41) is 2.92. The molecule has 0 atom stereocenters. The predicted octanol–water partition coefficient (Wildman–Crippen LogP) is 1.98. The van der Waals surface area contributed by atoms with Gasteiger partial charge in [-0.2, -0.15) is 0 Å². The van der Waals surface area contributed by atoms with E-state index in [1.54, 1.807) is 36.3 Å². The van der Waals surface area contributed by atoms with Crippen LogP contribution >= 0.6 is 0 Å². The first-order valence-corrected chi connectivity index (χ1v) is 8.91. The van der Waals surface area contributed by atoms with Crippen LogP contribution in [-0.4, -0.2) is 73.8 Å². The van der Waals surface area contributed by atoms with Crippen molar-refractivity contribution in [2.45, 2.75) is 26.4 Å². The standard InChI is InChI=1S/C19H29N3O4/c1-19(2,3)26-18(24)22-12-10-21(11-13-22)9-8-20-17(23)15-6-5-7-16(14-15)25-4/h5-7,14H,8-13H2,1-4H3,(H,20,23). The predicted molar refractivity (Wildman–Crippen MR) is 99.6 cm³/mol. The highest BCUT2D eigenvalue weighted by molar-refractivity contribution is 5.94. The van der Waals surface area contributed by atoms with Gasteiger partial charge in [-0.3, -0.25) is 9.69 Å². The molecule has 0 aromatic heterocycles. The zero-order chi connectivity index (χ0) is 19.2. The summed E-state index contributed by atoms with van der Waals surface area (Å²) in [7, 11) is 1.58. The number of rotatable bonds is 5. The molecule has 0 unspecified atom stereocenters. The fourth-order valence-electron chi connectivity index (χ4n) is 2.67. The van der Waals surface area contributed by atoms with Gasteiger partial charge in [0.25, 0.3) is 5.91 Å². The molecule has 0 saturated carbocycles. The quantitative estimate of drug-likeness (QED) is 0.866. The fourth-order valence-corrected chi connectivity index (χ4v) is 2.67. The molecule has 0 aliphatic carbocycles. The number of benzene rings is 1. The molecule has 26 heavy (non-hydrogen) atoms. The molecule has 1 aliphatic rings. The molecule has 1 aromatic carbocycles. The molecule has 1 N–H and O–H groups in total. The number of piperazine rings is 1. The van der Waals surface area contributed by atoms with Gasteiger partial charge in [-0.1, -0.05) is 6.07 Å². The second-order valence-corrected chi connectivity index (χ2v) is 7.30. The van der Waals surface area contributed by atoms with Crippen molar-refractivity contribution in [1.82, 2.24) is 15.1 Å². The van der Waals surface area contributed by atoms with Gasteiger partial charge in [-0.25, -0.2) is 4.79 Å². The first-order chi connectivity index (χ1) is 12.3. The highest BCUT2D eigenvalue weighted by Crippen LogP contribution is 2.13. The van der Waals surface area contributed by atoms with E-state index in [0.717, 1.165) is 19.6 Å². The maximum absolute atomic E-state index is 12.2. The highest BCUT2D eigenvalue weighted by atomic mass is 16.6. The van der Waals surface area contributed by atoms with Crippen molar-refractivity contribution >= 4 is 12.0 Å². The molecular formula is C19H29N3O4. The Balaban J connectivity index is 1.70. The van der Waals surface area contributed by atoms with Crippen molar-refractivity contribution < 1.29 is 19.1 Å². The minimum Gasteiger partial charge on any atom is -0.497 e. The summed E-state index contributed by atoms with van der Waals surface area (Å²) in [6.45, 7) is 9.73. The monoisotopic (exact) mass is 363 g/mol. The number of carbonyl (C=O) groups is 2. The third-order valence-corrected chi connectivity index (χ3v) is 4.07. The Labute approximate surface area is 155 Å². The Kier molecular flexibility index (Phi) is 6.85. The van der Waals surface area contributed by atoms with Gasteiger partial charge in [-0.15, -0.1) is 0 Å². The Morgan fingerprint density at radius 1 is 1.15 bits per heavy atom. The van der Waals surface area contributed by atoms with Gasteiger partial charge in [0, 0.05) is 44.8 Å². The second kappa shape index (κ2) is 8.89. The van der Waals surface area contributed by atoms with Crippen molar-refractivity contribution in [3.63, 3.8) is 0 Å². The first-order valence-electron chi connectivity index (χ1n) is 8.91. The van der Waals surface area contributed by atoms with Crippen LogP contribution in [0.25, 0.3) is 0 Å². The summed E-state index contributed by atoms with van der Waals surface area (Å²) in [4.78, 5) is 28.2. The van der Waals surface area contributed by atoms with Crippen LogP contribution in [0.4, 0.5) is 4.79 Å². The number of carbonyl (C=O) groups excluding carboxylic acids is 2. The number of nitrogens with one attached hydrogen (secondary N) is 1. The second-order valence-electron chi connectivity index (χ2n) is 7.30. The van der Waals surface area contributed by atoms with Gasteiger partial charge in [0.1, 0.15) is 11.4 Å². The van der Waals surface area contributed by atoms with E-state index in [2.05, 4.69) is 10.2 Å². The molecule has 1 aromatic rings. The summed E-state index contributed by atoms with van der Waals surface area (Å²) in [6, 6.07) is 7.08. The summed E-state index contributed by atoms with van der Waals surface area (Å²) >= 11 is 0. The Bertz CT molecular complexity index is 619. The zero-order valence-electron chi connectivity index (χ0n) is 16.1. The van der Waals surface area contributed by atoms with Crippen molar-refractivity contribution in [2.75, 3.05) is 46.4 Å². The molecule has 1 aliphatic heterocycles. The maximum Gasteiger partial charge on any atom is 0.410 e. The average molecular weight is 363 g/mol. The summed E-state index contributed by atoms with van der Waals surface area (Å²) in [5.74, 6) is 0.548. The van der Waals surface area contributed by atoms with Crippen LogP contribution in [0.3, 0.4) is 0 Å². The van der Waals surface area contributed by atoms with E-state index >= 15 is 0 Å². The third-order valence-electron chi connectivity index (χ3n) is 4.07. The fraction of sp³-hybridized carbons (Fsp3) is 0.579. The molecule has 0 radical (unpaired) electrons. The zero-order valence-corrected chi connectivity index (χ0v) is 16.1. The van der Waals surface area contributed by atoms with Crippen molar-refractivity contribution in [1.29, 1.82) is 0 Å². The summed E-state index contributed by atoms with van der Waals surface area (Å²) < 4.78 is 10.5. The van der Waals surface area contributed by atoms with Crippen molar-refractivity contribution in [2.24, 2.45) is 0 Å². The molecule has 1 heterocycles. The van der Waals surface area contributed by atoms with E-state index in [9.17, 15) is 9.59 Å². The number of hydrogen-bond acceptors (Lipinski definition) is 5. The lowest BCUT2D eigenvalue weighted by Gasteiger charge is -2.35. The smallest absolute Gasteiger partial charge is 0.410 e. The summed E-state index contributed by atoms with van der Waals surface area (Å²) in [6.07, 6.45) is -0.261. The average Bonchev–Trinajstić information content (AvgIpc) is 2.60. The van der Waals surface area contributed by atoms with Gasteiger partial charge >= 0.3 is 6.09 Å². The molecular weight excluding hydrogens is 334 g/mol. The third kappa shape index (κ3) is 6.22. The van der Waals surface area contributed by atoms with E-state index in [-0.39, 0.29) is 12.0 Å². The number of nitrogens with zero attached hydrogens (tertiary/aromatic N) is 2.